The molecule has 0 aliphatic heterocycles. The van der Waals surface area contributed by atoms with Crippen LogP contribution in [0, 0.1) is 0 Å². The summed E-state index contributed by atoms with van der Waals surface area (Å²) in [6.45, 7) is 4.67. The van der Waals surface area contributed by atoms with Gasteiger partial charge >= 0.3 is 0 Å². The van der Waals surface area contributed by atoms with E-state index in [0.29, 0.717) is 0 Å². The van der Waals surface area contributed by atoms with Gasteiger partial charge in [0.15, 0.2) is 0 Å². The lowest BCUT2D eigenvalue weighted by molar-refractivity contribution is 0.660. The van der Waals surface area contributed by atoms with E-state index < -0.39 is 0 Å². The summed E-state index contributed by atoms with van der Waals surface area (Å²) in [5.41, 5.74) is 17.0. The Labute approximate surface area is 354 Å². The first-order valence-electron chi connectivity index (χ1n) is 20.9. The van der Waals surface area contributed by atoms with E-state index >= 15 is 0 Å². The van der Waals surface area contributed by atoms with Crippen LogP contribution in [0.4, 0.5) is 34.1 Å². The van der Waals surface area contributed by atoms with Gasteiger partial charge < -0.3 is 18.6 Å². The van der Waals surface area contributed by atoms with Crippen LogP contribution in [0.25, 0.3) is 66.1 Å². The number of hydrogen-bond donors (Lipinski definition) is 0. The Hall–Kier alpha value is -7.82. The molecule has 0 amide bonds. The van der Waals surface area contributed by atoms with E-state index in [1.807, 2.05) is 24.3 Å². The fourth-order valence-corrected chi connectivity index (χ4v) is 9.68. The van der Waals surface area contributed by atoms with Crippen molar-refractivity contribution < 1.29 is 8.83 Å². The molecule has 0 saturated carbocycles. The SMILES string of the molecule is CC1(C)c2ccccc2-c2cc(-c3cc(N(c4ccccc4)c4ccc5c(c4)oc4ccccc45)cc(N(c4ccccc4)c4ccc5c(c4)oc4ccccc45)c3)ccc21. The molecule has 0 atom stereocenters. The van der Waals surface area contributed by atoms with E-state index in [4.69, 9.17) is 8.83 Å². The molecule has 11 aromatic rings. The van der Waals surface area contributed by atoms with E-state index in [0.717, 1.165) is 89.1 Å². The van der Waals surface area contributed by atoms with Gasteiger partial charge in [-0.2, -0.15) is 0 Å². The molecule has 4 nitrogen and oxygen atoms in total. The van der Waals surface area contributed by atoms with Gasteiger partial charge in [0.05, 0.1) is 0 Å². The van der Waals surface area contributed by atoms with Gasteiger partial charge in [-0.1, -0.05) is 123 Å². The summed E-state index contributed by atoms with van der Waals surface area (Å²) in [5.74, 6) is 0. The van der Waals surface area contributed by atoms with Gasteiger partial charge in [0.1, 0.15) is 22.3 Å². The van der Waals surface area contributed by atoms with Crippen molar-refractivity contribution in [3.63, 3.8) is 0 Å². The monoisotopic (exact) mass is 784 g/mol. The van der Waals surface area contributed by atoms with Crippen molar-refractivity contribution in [3.8, 4) is 22.3 Å². The summed E-state index contributed by atoms with van der Waals surface area (Å²) < 4.78 is 13.0. The molecule has 0 radical (unpaired) electrons. The third-order valence-corrected chi connectivity index (χ3v) is 12.6. The first-order valence-corrected chi connectivity index (χ1v) is 20.9. The number of anilines is 6. The summed E-state index contributed by atoms with van der Waals surface area (Å²) in [5, 5.41) is 4.42. The normalized spacial score (nSPS) is 12.9. The van der Waals surface area contributed by atoms with Crippen molar-refractivity contribution >= 4 is 78.0 Å². The van der Waals surface area contributed by atoms with Crippen LogP contribution < -0.4 is 9.80 Å². The predicted molar refractivity (Wildman–Crippen MR) is 253 cm³/mol. The Bertz CT molecular complexity index is 3290. The molecular formula is C57H40N2O2. The van der Waals surface area contributed by atoms with Crippen LogP contribution in [0.3, 0.4) is 0 Å². The van der Waals surface area contributed by atoms with Gasteiger partial charge in [0.25, 0.3) is 0 Å². The fraction of sp³-hybridized carbons (Fsp3) is 0.0526. The van der Waals surface area contributed by atoms with E-state index in [-0.39, 0.29) is 5.41 Å². The maximum Gasteiger partial charge on any atom is 0.137 e. The highest BCUT2D eigenvalue weighted by molar-refractivity contribution is 6.07. The van der Waals surface area contributed by atoms with E-state index in [9.17, 15) is 0 Å². The highest BCUT2D eigenvalue weighted by Gasteiger charge is 2.35. The molecule has 0 unspecified atom stereocenters. The topological polar surface area (TPSA) is 32.8 Å². The maximum atomic E-state index is 6.49. The van der Waals surface area contributed by atoms with Crippen molar-refractivity contribution in [2.45, 2.75) is 19.3 Å². The van der Waals surface area contributed by atoms with Crippen LogP contribution in [0.5, 0.6) is 0 Å². The second-order valence-electron chi connectivity index (χ2n) is 16.6. The Morgan fingerprint density at radius 1 is 0.311 bits per heavy atom. The van der Waals surface area contributed by atoms with Gasteiger partial charge in [-0.15, -0.1) is 0 Å². The molecular weight excluding hydrogens is 745 g/mol. The third kappa shape index (κ3) is 5.67. The minimum atomic E-state index is -0.0870. The first kappa shape index (κ1) is 35.2. The number of rotatable bonds is 7. The highest BCUT2D eigenvalue weighted by Crippen LogP contribution is 2.51. The molecule has 0 N–H and O–H groups in total. The molecule has 61 heavy (non-hydrogen) atoms. The average Bonchev–Trinajstić information content (AvgIpc) is 3.94. The summed E-state index contributed by atoms with van der Waals surface area (Å²) in [6.07, 6.45) is 0. The number of fused-ring (bicyclic) bond motifs is 9. The lowest BCUT2D eigenvalue weighted by atomic mass is 9.82. The standard InChI is InChI=1S/C57H40N2O2/c1-57(2)51-22-12-9-19-45(51)50-33-37(25-30-52(50)57)38-31-43(58(39-15-5-3-6-16-39)41-26-28-48-46-20-10-13-23-53(46)60-55(48)35-41)34-44(32-38)59(40-17-7-4-8-18-40)42-27-29-49-47-21-11-14-24-54(47)61-56(49)36-42/h3-36H,1-2H3. The van der Waals surface area contributed by atoms with E-state index in [1.165, 1.54) is 22.3 Å². The predicted octanol–water partition coefficient (Wildman–Crippen LogP) is 16.4. The molecule has 12 rings (SSSR count). The first-order chi connectivity index (χ1) is 30.0. The average molecular weight is 785 g/mol. The van der Waals surface area contributed by atoms with Crippen molar-refractivity contribution in [1.82, 2.24) is 0 Å². The van der Waals surface area contributed by atoms with Gasteiger partial charge in [-0.05, 0) is 118 Å². The zero-order valence-electron chi connectivity index (χ0n) is 33.8. The van der Waals surface area contributed by atoms with Gasteiger partial charge in [-0.3, -0.25) is 0 Å². The van der Waals surface area contributed by atoms with Crippen LogP contribution in [-0.2, 0) is 5.41 Å². The van der Waals surface area contributed by atoms with Crippen LogP contribution in [0.1, 0.15) is 25.0 Å². The quantitative estimate of drug-likeness (QED) is 0.161. The number of benzene rings is 9. The molecule has 2 heterocycles. The molecule has 290 valence electrons. The molecule has 0 fully saturated rings. The number of nitrogens with zero attached hydrogens (tertiary/aromatic N) is 2. The molecule has 0 spiro atoms. The van der Waals surface area contributed by atoms with Crippen molar-refractivity contribution in [2.75, 3.05) is 9.80 Å². The Kier molecular flexibility index (Phi) is 7.85. The van der Waals surface area contributed by atoms with Crippen LogP contribution in [-0.4, -0.2) is 0 Å². The van der Waals surface area contributed by atoms with Gasteiger partial charge in [-0.25, -0.2) is 0 Å². The minimum Gasteiger partial charge on any atom is -0.456 e. The largest absolute Gasteiger partial charge is 0.456 e. The Morgan fingerprint density at radius 2 is 0.787 bits per heavy atom. The lowest BCUT2D eigenvalue weighted by Crippen LogP contribution is -2.14. The zero-order valence-corrected chi connectivity index (χ0v) is 33.8. The van der Waals surface area contributed by atoms with Gasteiger partial charge in [0, 0.05) is 73.2 Å². The van der Waals surface area contributed by atoms with Crippen molar-refractivity contribution in [2.24, 2.45) is 0 Å². The number of furan rings is 2. The smallest absolute Gasteiger partial charge is 0.137 e. The van der Waals surface area contributed by atoms with E-state index in [2.05, 4.69) is 206 Å². The van der Waals surface area contributed by atoms with E-state index in [1.54, 1.807) is 0 Å². The van der Waals surface area contributed by atoms with Crippen LogP contribution in [0.2, 0.25) is 0 Å². The molecule has 4 heteroatoms. The maximum absolute atomic E-state index is 6.49. The summed E-state index contributed by atoms with van der Waals surface area (Å²) in [6, 6.07) is 73.8. The molecule has 1 aliphatic rings. The molecule has 1 aliphatic carbocycles. The van der Waals surface area contributed by atoms with Crippen molar-refractivity contribution in [3.05, 3.63) is 217 Å². The summed E-state index contributed by atoms with van der Waals surface area (Å²) >= 11 is 0. The second kappa shape index (κ2) is 13.6. The lowest BCUT2D eigenvalue weighted by Gasteiger charge is -2.30. The molecule has 2 aromatic heterocycles. The molecule has 9 aromatic carbocycles. The zero-order chi connectivity index (χ0) is 40.7. The summed E-state index contributed by atoms with van der Waals surface area (Å²) in [4.78, 5) is 4.69. The number of hydrogen-bond acceptors (Lipinski definition) is 4. The number of para-hydroxylation sites is 4. The molecule has 0 saturated heterocycles. The second-order valence-corrected chi connectivity index (χ2v) is 16.6. The fourth-order valence-electron chi connectivity index (χ4n) is 9.68. The Morgan fingerprint density at radius 3 is 1.36 bits per heavy atom. The molecule has 0 bridgehead atoms. The summed E-state index contributed by atoms with van der Waals surface area (Å²) in [7, 11) is 0. The third-order valence-electron chi connectivity index (χ3n) is 12.6. The van der Waals surface area contributed by atoms with Gasteiger partial charge in [0.2, 0.25) is 0 Å². The van der Waals surface area contributed by atoms with Crippen molar-refractivity contribution in [1.29, 1.82) is 0 Å². The van der Waals surface area contributed by atoms with Crippen LogP contribution in [0.15, 0.2) is 215 Å². The highest BCUT2D eigenvalue weighted by atomic mass is 16.3. The Balaban J connectivity index is 1.11. The minimum absolute atomic E-state index is 0.0870. The van der Waals surface area contributed by atoms with Crippen LogP contribution >= 0.6 is 0 Å².